The van der Waals surface area contributed by atoms with Crippen LogP contribution in [0.3, 0.4) is 0 Å². The van der Waals surface area contributed by atoms with Crippen molar-refractivity contribution in [3.05, 3.63) is 17.7 Å². The van der Waals surface area contributed by atoms with Gasteiger partial charge in [-0.15, -0.1) is 0 Å². The summed E-state index contributed by atoms with van der Waals surface area (Å²) in [5.41, 5.74) is 0.833. The van der Waals surface area contributed by atoms with Gasteiger partial charge in [-0.25, -0.2) is 4.79 Å². The van der Waals surface area contributed by atoms with Crippen LogP contribution in [-0.2, 0) is 6.54 Å². The average molecular weight is 314 g/mol. The topological polar surface area (TPSA) is 109 Å². The van der Waals surface area contributed by atoms with Gasteiger partial charge in [0, 0.05) is 19.5 Å². The second kappa shape index (κ2) is 8.96. The first kappa shape index (κ1) is 17.9. The molecule has 0 aliphatic heterocycles. The fourth-order valence-corrected chi connectivity index (χ4v) is 1.89. The Balaban J connectivity index is 2.63. The highest BCUT2D eigenvalue weighted by Gasteiger charge is 2.13. The Bertz CT molecular complexity index is 469. The number of hydrogen-bond acceptors (Lipinski definition) is 6. The van der Waals surface area contributed by atoms with Gasteiger partial charge in [0.2, 0.25) is 5.75 Å². The number of hydrogen-bond donors (Lipinski definition) is 4. The number of nitrogens with one attached hydrogen (secondary N) is 2. The molecule has 8 nitrogen and oxygen atoms in total. The zero-order chi connectivity index (χ0) is 16.5. The molecule has 0 aliphatic rings. The van der Waals surface area contributed by atoms with Crippen LogP contribution in [0.5, 0.6) is 17.2 Å². The van der Waals surface area contributed by atoms with Gasteiger partial charge >= 0.3 is 6.09 Å². The Kier molecular flexibility index (Phi) is 7.27. The third-order valence-electron chi connectivity index (χ3n) is 2.96. The minimum absolute atomic E-state index is 0.165. The zero-order valence-electron chi connectivity index (χ0n) is 12.9. The first-order valence-corrected chi connectivity index (χ1v) is 6.69. The highest BCUT2D eigenvalue weighted by Crippen LogP contribution is 2.38. The molecule has 1 atom stereocenters. The third kappa shape index (κ3) is 5.30. The van der Waals surface area contributed by atoms with Crippen molar-refractivity contribution in [3.8, 4) is 17.2 Å². The number of rotatable bonds is 9. The maximum absolute atomic E-state index is 10.3. The summed E-state index contributed by atoms with van der Waals surface area (Å²) in [6, 6.07) is 3.55. The largest absolute Gasteiger partial charge is 0.493 e. The maximum atomic E-state index is 10.3. The van der Waals surface area contributed by atoms with E-state index >= 15 is 0 Å². The lowest BCUT2D eigenvalue weighted by molar-refractivity contribution is 0.124. The van der Waals surface area contributed by atoms with Crippen LogP contribution in [0.2, 0.25) is 0 Å². The number of aliphatic hydroxyl groups is 1. The van der Waals surface area contributed by atoms with E-state index in [0.29, 0.717) is 23.8 Å². The molecule has 0 saturated carbocycles. The number of carbonyl (C=O) groups is 1. The standard InChI is InChI=1S/C14H22N2O6/c1-20-10-6-9(7-11(21-2)13(10)22-3)8-16-12(17)4-5-15-14(18)19/h6-7,12,15-17H,4-5,8H2,1-3H3,(H,18,19). The molecular formula is C14H22N2O6. The van der Waals surface area contributed by atoms with E-state index in [1.807, 2.05) is 0 Å². The third-order valence-corrected chi connectivity index (χ3v) is 2.96. The van der Waals surface area contributed by atoms with Crippen molar-refractivity contribution < 1.29 is 29.2 Å². The van der Waals surface area contributed by atoms with Crippen molar-refractivity contribution in [2.75, 3.05) is 27.9 Å². The molecule has 22 heavy (non-hydrogen) atoms. The van der Waals surface area contributed by atoms with Gasteiger partial charge in [-0.2, -0.15) is 0 Å². The fourth-order valence-electron chi connectivity index (χ4n) is 1.89. The van der Waals surface area contributed by atoms with Crippen LogP contribution in [0.1, 0.15) is 12.0 Å². The number of aliphatic hydroxyl groups excluding tert-OH is 1. The Morgan fingerprint density at radius 3 is 2.23 bits per heavy atom. The minimum Gasteiger partial charge on any atom is -0.493 e. The summed E-state index contributed by atoms with van der Waals surface area (Å²) < 4.78 is 15.7. The number of methoxy groups -OCH3 is 3. The molecule has 1 amide bonds. The molecule has 0 saturated heterocycles. The molecule has 0 bridgehead atoms. The predicted molar refractivity (Wildman–Crippen MR) is 79.6 cm³/mol. The lowest BCUT2D eigenvalue weighted by Gasteiger charge is -2.16. The quantitative estimate of drug-likeness (QED) is 0.499. The van der Waals surface area contributed by atoms with Crippen LogP contribution in [0.15, 0.2) is 12.1 Å². The summed E-state index contributed by atoms with van der Waals surface area (Å²) in [4.78, 5) is 10.3. The van der Waals surface area contributed by atoms with E-state index < -0.39 is 12.3 Å². The Labute approximate surface area is 129 Å². The van der Waals surface area contributed by atoms with Gasteiger partial charge in [0.15, 0.2) is 11.5 Å². The second-order valence-electron chi connectivity index (χ2n) is 4.45. The van der Waals surface area contributed by atoms with Crippen LogP contribution < -0.4 is 24.8 Å². The molecule has 0 heterocycles. The van der Waals surface area contributed by atoms with Crippen LogP contribution in [-0.4, -0.2) is 50.4 Å². The highest BCUT2D eigenvalue weighted by atomic mass is 16.5. The number of benzene rings is 1. The minimum atomic E-state index is -1.11. The van der Waals surface area contributed by atoms with Gasteiger partial charge in [0.05, 0.1) is 21.3 Å². The van der Waals surface area contributed by atoms with Gasteiger partial charge in [0.1, 0.15) is 6.23 Å². The van der Waals surface area contributed by atoms with E-state index in [4.69, 9.17) is 19.3 Å². The van der Waals surface area contributed by atoms with Crippen LogP contribution in [0, 0.1) is 0 Å². The molecule has 0 spiro atoms. The van der Waals surface area contributed by atoms with E-state index in [-0.39, 0.29) is 13.0 Å². The average Bonchev–Trinajstić information content (AvgIpc) is 2.51. The van der Waals surface area contributed by atoms with E-state index in [1.54, 1.807) is 12.1 Å². The smallest absolute Gasteiger partial charge is 0.404 e. The summed E-state index contributed by atoms with van der Waals surface area (Å²) in [7, 11) is 4.58. The van der Waals surface area contributed by atoms with Crippen LogP contribution in [0.25, 0.3) is 0 Å². The first-order chi connectivity index (χ1) is 10.5. The number of carboxylic acid groups (broad SMARTS) is 1. The normalized spacial score (nSPS) is 11.6. The van der Waals surface area contributed by atoms with Crippen LogP contribution in [0.4, 0.5) is 4.79 Å². The molecule has 0 radical (unpaired) electrons. The number of amides is 1. The lowest BCUT2D eigenvalue weighted by Crippen LogP contribution is -2.33. The molecule has 0 aliphatic carbocycles. The van der Waals surface area contributed by atoms with Gasteiger partial charge in [-0.05, 0) is 17.7 Å². The second-order valence-corrected chi connectivity index (χ2v) is 4.45. The Hall–Kier alpha value is -2.19. The molecule has 124 valence electrons. The zero-order valence-corrected chi connectivity index (χ0v) is 12.9. The maximum Gasteiger partial charge on any atom is 0.404 e. The molecule has 0 aromatic heterocycles. The van der Waals surface area contributed by atoms with Crippen LogP contribution >= 0.6 is 0 Å². The van der Waals surface area contributed by atoms with Crippen molar-refractivity contribution in [2.24, 2.45) is 0 Å². The molecule has 4 N–H and O–H groups in total. The van der Waals surface area contributed by atoms with Crippen molar-refractivity contribution in [1.82, 2.24) is 10.6 Å². The molecule has 1 aromatic rings. The summed E-state index contributed by atoms with van der Waals surface area (Å²) in [5, 5.41) is 23.3. The summed E-state index contributed by atoms with van der Waals surface area (Å²) in [5.74, 6) is 1.56. The van der Waals surface area contributed by atoms with Crippen molar-refractivity contribution in [1.29, 1.82) is 0 Å². The summed E-state index contributed by atoms with van der Waals surface area (Å²) in [6.45, 7) is 0.531. The Morgan fingerprint density at radius 2 is 1.77 bits per heavy atom. The SMILES string of the molecule is COc1cc(CNC(O)CCNC(=O)O)cc(OC)c1OC. The van der Waals surface area contributed by atoms with Gasteiger partial charge in [-0.3, -0.25) is 5.32 Å². The van der Waals surface area contributed by atoms with E-state index in [9.17, 15) is 9.90 Å². The van der Waals surface area contributed by atoms with Gasteiger partial charge < -0.3 is 29.7 Å². The van der Waals surface area contributed by atoms with Gasteiger partial charge in [0.25, 0.3) is 0 Å². The summed E-state index contributed by atoms with van der Waals surface area (Å²) in [6.07, 6.45) is -1.68. The summed E-state index contributed by atoms with van der Waals surface area (Å²) >= 11 is 0. The highest BCUT2D eigenvalue weighted by molar-refractivity contribution is 5.64. The van der Waals surface area contributed by atoms with Crippen molar-refractivity contribution in [3.63, 3.8) is 0 Å². The monoisotopic (exact) mass is 314 g/mol. The fraction of sp³-hybridized carbons (Fsp3) is 0.500. The molecular weight excluding hydrogens is 292 g/mol. The molecule has 0 fully saturated rings. The Morgan fingerprint density at radius 1 is 1.18 bits per heavy atom. The molecule has 8 heteroatoms. The molecule has 1 aromatic carbocycles. The van der Waals surface area contributed by atoms with Crippen molar-refractivity contribution in [2.45, 2.75) is 19.2 Å². The molecule has 1 unspecified atom stereocenters. The predicted octanol–water partition coefficient (Wildman–Crippen LogP) is 0.778. The van der Waals surface area contributed by atoms with E-state index in [0.717, 1.165) is 5.56 Å². The number of ether oxygens (including phenoxy) is 3. The lowest BCUT2D eigenvalue weighted by atomic mass is 10.1. The first-order valence-electron chi connectivity index (χ1n) is 6.69. The van der Waals surface area contributed by atoms with E-state index in [1.165, 1.54) is 21.3 Å². The molecule has 1 rings (SSSR count). The van der Waals surface area contributed by atoms with Gasteiger partial charge in [-0.1, -0.05) is 0 Å². The van der Waals surface area contributed by atoms with E-state index in [2.05, 4.69) is 10.6 Å². The van der Waals surface area contributed by atoms with Crippen molar-refractivity contribution >= 4 is 6.09 Å².